The van der Waals surface area contributed by atoms with E-state index in [0.29, 0.717) is 45.0 Å². The van der Waals surface area contributed by atoms with Gasteiger partial charge in [-0.25, -0.2) is 13.5 Å². The predicted octanol–water partition coefficient (Wildman–Crippen LogP) is 7.28. The third-order valence-electron chi connectivity index (χ3n) is 9.50. The number of hydrogen-bond acceptors (Lipinski definition) is 7. The van der Waals surface area contributed by atoms with Gasteiger partial charge in [0.15, 0.2) is 11.6 Å². The number of likely N-dealkylation sites (tertiary alicyclic amines) is 1. The molecule has 3 aromatic rings. The van der Waals surface area contributed by atoms with E-state index >= 15 is 4.39 Å². The molecule has 0 unspecified atom stereocenters. The van der Waals surface area contributed by atoms with Gasteiger partial charge >= 0.3 is 6.03 Å². The number of imide groups is 1. The molecule has 8 nitrogen and oxygen atoms in total. The Labute approximate surface area is 253 Å². The first-order valence-corrected chi connectivity index (χ1v) is 15.9. The van der Waals surface area contributed by atoms with Crippen molar-refractivity contribution in [2.45, 2.75) is 57.8 Å². The van der Waals surface area contributed by atoms with Crippen LogP contribution < -0.4 is 10.1 Å². The Morgan fingerprint density at radius 3 is 2.40 bits per heavy atom. The second-order valence-electron chi connectivity index (χ2n) is 12.6. The zero-order valence-electron chi connectivity index (χ0n) is 23.2. The number of rotatable bonds is 6. The Bertz CT molecular complexity index is 1530. The van der Waals surface area contributed by atoms with Crippen molar-refractivity contribution in [1.29, 1.82) is 0 Å². The largest absolute Gasteiger partial charge is 0.453 e. The highest BCUT2D eigenvalue weighted by molar-refractivity contribution is 7.79. The van der Waals surface area contributed by atoms with Crippen LogP contribution in [-0.4, -0.2) is 45.1 Å². The number of ether oxygens (including phenoxy) is 1. The lowest BCUT2D eigenvalue weighted by Crippen LogP contribution is -2.48. The van der Waals surface area contributed by atoms with Crippen LogP contribution in [0, 0.1) is 29.0 Å². The summed E-state index contributed by atoms with van der Waals surface area (Å²) in [6.07, 6.45) is 10.9. The average Bonchev–Trinajstić information content (AvgIpc) is 3.64. The molecule has 0 spiro atoms. The number of nitrogens with zero attached hydrogens (tertiary/aromatic N) is 3. The third-order valence-corrected chi connectivity index (χ3v) is 11.0. The molecule has 4 bridgehead atoms. The second-order valence-corrected chi connectivity index (χ2v) is 14.1. The molecule has 8 rings (SSSR count). The lowest BCUT2D eigenvalue weighted by Gasteiger charge is -2.56. The summed E-state index contributed by atoms with van der Waals surface area (Å²) in [4.78, 5) is 45.5. The number of nitrogens with one attached hydrogen (secondary N) is 1. The lowest BCUT2D eigenvalue weighted by atomic mass is 9.49. The maximum atomic E-state index is 15.1. The molecule has 1 aliphatic heterocycles. The minimum Gasteiger partial charge on any atom is -0.453 e. The smallest absolute Gasteiger partial charge is 0.338 e. The van der Waals surface area contributed by atoms with E-state index in [2.05, 4.69) is 23.1 Å². The average molecular weight is 609 g/mol. The van der Waals surface area contributed by atoms with Crippen LogP contribution in [0.3, 0.4) is 0 Å². The number of anilines is 1. The van der Waals surface area contributed by atoms with Crippen molar-refractivity contribution in [1.82, 2.24) is 14.2 Å². The Balaban J connectivity index is 1.00. The van der Waals surface area contributed by atoms with Gasteiger partial charge < -0.3 is 15.0 Å². The Morgan fingerprint density at radius 2 is 1.74 bits per heavy atom. The Hall–Kier alpha value is -3.18. The SMILES string of the molecule is O=C(c1cc2nccc(Oc3ccc(NC(=O)N(S)C(=O)CC45CC6CC(CC(C6)C4)C5)cc3F)c2s1)N1CCCC1. The highest BCUT2D eigenvalue weighted by Gasteiger charge is 2.52. The van der Waals surface area contributed by atoms with Crippen LogP contribution in [0.15, 0.2) is 36.5 Å². The van der Waals surface area contributed by atoms with E-state index in [0.717, 1.165) is 55.6 Å². The number of carbonyl (C=O) groups excluding carboxylic acids is 3. The van der Waals surface area contributed by atoms with Crippen molar-refractivity contribution in [2.24, 2.45) is 23.2 Å². The number of halogens is 1. The van der Waals surface area contributed by atoms with E-state index in [4.69, 9.17) is 4.74 Å². The number of fused-ring (bicyclic) bond motifs is 1. The monoisotopic (exact) mass is 608 g/mol. The number of hydrogen-bond donors (Lipinski definition) is 2. The molecule has 5 aliphatic rings. The summed E-state index contributed by atoms with van der Waals surface area (Å²) in [5, 5.41) is 2.58. The van der Waals surface area contributed by atoms with Crippen LogP contribution in [0.5, 0.6) is 11.5 Å². The van der Waals surface area contributed by atoms with E-state index in [1.165, 1.54) is 42.7 Å². The summed E-state index contributed by atoms with van der Waals surface area (Å²) >= 11 is 5.49. The van der Waals surface area contributed by atoms with E-state index < -0.39 is 11.8 Å². The number of carbonyl (C=O) groups is 3. The predicted molar refractivity (Wildman–Crippen MR) is 161 cm³/mol. The van der Waals surface area contributed by atoms with Crippen molar-refractivity contribution in [3.63, 3.8) is 0 Å². The molecule has 0 radical (unpaired) electrons. The molecular formula is C31H33FN4O4S2. The van der Waals surface area contributed by atoms with Crippen molar-refractivity contribution >= 4 is 57.9 Å². The van der Waals surface area contributed by atoms with Gasteiger partial charge in [-0.1, -0.05) is 12.8 Å². The molecule has 2 aromatic heterocycles. The Morgan fingerprint density at radius 1 is 1.05 bits per heavy atom. The summed E-state index contributed by atoms with van der Waals surface area (Å²) in [6.45, 7) is 1.50. The van der Waals surface area contributed by atoms with Crippen LogP contribution in [0.25, 0.3) is 10.2 Å². The fourth-order valence-corrected chi connectivity index (χ4v) is 9.30. The topological polar surface area (TPSA) is 91.8 Å². The van der Waals surface area contributed by atoms with Crippen molar-refractivity contribution in [3.8, 4) is 11.5 Å². The maximum Gasteiger partial charge on any atom is 0.338 e. The first kappa shape index (κ1) is 27.6. The summed E-state index contributed by atoms with van der Waals surface area (Å²) < 4.78 is 22.5. The molecule has 4 saturated carbocycles. The molecule has 4 aliphatic carbocycles. The van der Waals surface area contributed by atoms with Crippen LogP contribution in [0.1, 0.15) is 67.5 Å². The van der Waals surface area contributed by atoms with Crippen LogP contribution in [0.4, 0.5) is 14.9 Å². The first-order valence-electron chi connectivity index (χ1n) is 14.7. The van der Waals surface area contributed by atoms with Gasteiger partial charge in [0.2, 0.25) is 5.91 Å². The summed E-state index contributed by atoms with van der Waals surface area (Å²) in [5.41, 5.74) is 0.777. The van der Waals surface area contributed by atoms with Crippen LogP contribution in [0.2, 0.25) is 0 Å². The van der Waals surface area contributed by atoms with E-state index in [1.54, 1.807) is 18.3 Å². The molecule has 4 amide bonds. The van der Waals surface area contributed by atoms with E-state index in [-0.39, 0.29) is 28.7 Å². The molecule has 1 aromatic carbocycles. The number of thiophene rings is 1. The number of thiol groups is 1. The van der Waals surface area contributed by atoms with E-state index in [9.17, 15) is 14.4 Å². The molecule has 220 valence electrons. The minimum absolute atomic E-state index is 0.0125. The van der Waals surface area contributed by atoms with Gasteiger partial charge in [0, 0.05) is 43.5 Å². The highest BCUT2D eigenvalue weighted by Crippen LogP contribution is 2.61. The quantitative estimate of drug-likeness (QED) is 0.287. The summed E-state index contributed by atoms with van der Waals surface area (Å²) in [6, 6.07) is 6.74. The summed E-state index contributed by atoms with van der Waals surface area (Å²) in [5.74, 6) is 1.43. The van der Waals surface area contributed by atoms with Crippen molar-refractivity contribution < 1.29 is 23.5 Å². The van der Waals surface area contributed by atoms with Gasteiger partial charge in [-0.3, -0.25) is 14.6 Å². The highest BCUT2D eigenvalue weighted by atomic mass is 32.1. The summed E-state index contributed by atoms with van der Waals surface area (Å²) in [7, 11) is 0. The fraction of sp³-hybridized carbons (Fsp3) is 0.484. The molecule has 42 heavy (non-hydrogen) atoms. The molecule has 3 heterocycles. The molecule has 1 saturated heterocycles. The zero-order valence-corrected chi connectivity index (χ0v) is 24.9. The fourth-order valence-electron chi connectivity index (χ4n) is 8.15. The minimum atomic E-state index is -0.717. The van der Waals surface area contributed by atoms with Gasteiger partial charge in [-0.2, -0.15) is 0 Å². The molecular weight excluding hydrogens is 575 g/mol. The number of benzene rings is 1. The van der Waals surface area contributed by atoms with Gasteiger partial charge in [0.25, 0.3) is 5.91 Å². The standard InChI is InChI=1S/C31H33FN4O4S2/c32-22-12-21(34-30(39)36(41)27(37)17-31-14-18-9-19(15-31)11-20(10-18)16-31)3-4-24(22)40-25-5-6-33-23-13-26(42-28(23)25)29(38)35-7-1-2-8-35/h3-6,12-13,18-20,41H,1-2,7-11,14-17H2,(H,34,39). The Kier molecular flexibility index (Phi) is 7.12. The molecule has 0 atom stereocenters. The van der Waals surface area contributed by atoms with Crippen LogP contribution >= 0.6 is 24.2 Å². The van der Waals surface area contributed by atoms with Gasteiger partial charge in [0.1, 0.15) is 5.75 Å². The van der Waals surface area contributed by atoms with Gasteiger partial charge in [-0.15, -0.1) is 11.3 Å². The van der Waals surface area contributed by atoms with Crippen molar-refractivity contribution in [2.75, 3.05) is 18.4 Å². The zero-order chi connectivity index (χ0) is 29.0. The van der Waals surface area contributed by atoms with Gasteiger partial charge in [-0.05, 0) is 92.7 Å². The van der Waals surface area contributed by atoms with Gasteiger partial charge in [0.05, 0.1) is 15.1 Å². The number of aromatic nitrogens is 1. The molecule has 1 N–H and O–H groups in total. The van der Waals surface area contributed by atoms with Crippen molar-refractivity contribution in [3.05, 3.63) is 47.2 Å². The first-order chi connectivity index (χ1) is 20.2. The second kappa shape index (κ2) is 10.8. The van der Waals surface area contributed by atoms with E-state index in [1.807, 2.05) is 4.90 Å². The normalized spacial score (nSPS) is 26.0. The third kappa shape index (κ3) is 5.25. The number of amides is 4. The van der Waals surface area contributed by atoms with Crippen LogP contribution in [-0.2, 0) is 4.79 Å². The molecule has 5 fully saturated rings. The molecule has 11 heteroatoms. The number of urea groups is 1. The lowest BCUT2D eigenvalue weighted by molar-refractivity contribution is -0.132. The maximum absolute atomic E-state index is 15.1. The number of pyridine rings is 1.